The first kappa shape index (κ1) is 51.8. The number of anilines is 1. The number of esters is 1. The molecule has 9 heteroatoms. The van der Waals surface area contributed by atoms with Crippen LogP contribution < -0.4 is 34.4 Å². The summed E-state index contributed by atoms with van der Waals surface area (Å²) in [4.78, 5) is 40.1. The van der Waals surface area contributed by atoms with Crippen LogP contribution in [0.25, 0.3) is 0 Å². The van der Waals surface area contributed by atoms with Crippen molar-refractivity contribution in [3.63, 3.8) is 0 Å². The Kier molecular flexibility index (Phi) is 27.7. The van der Waals surface area contributed by atoms with Gasteiger partial charge >= 0.3 is 5.97 Å². The lowest BCUT2D eigenvalue weighted by molar-refractivity contribution is 0.0732. The Morgan fingerprint density at radius 2 is 0.758 bits per heavy atom. The minimum atomic E-state index is -0.696. The fraction of sp³-hybridized carbons (Fsp3) is 0.604. The summed E-state index contributed by atoms with van der Waals surface area (Å²) in [6.07, 6.45) is 27.6. The molecule has 0 saturated heterocycles. The predicted octanol–water partition coefficient (Wildman–Crippen LogP) is 14.5. The van der Waals surface area contributed by atoms with Crippen LogP contribution in [0.1, 0.15) is 203 Å². The van der Waals surface area contributed by atoms with Crippen molar-refractivity contribution in [2.45, 2.75) is 182 Å². The van der Waals surface area contributed by atoms with Crippen molar-refractivity contribution in [3.05, 3.63) is 82.0 Å². The van der Waals surface area contributed by atoms with Gasteiger partial charge in [0.1, 0.15) is 0 Å². The van der Waals surface area contributed by atoms with Crippen LogP contribution in [0.4, 0.5) is 5.69 Å². The molecular formula is C53H79NO8. The first-order valence-electron chi connectivity index (χ1n) is 24.4. The van der Waals surface area contributed by atoms with Crippen LogP contribution in [-0.4, -0.2) is 38.3 Å². The average molecular weight is 858 g/mol. The fourth-order valence-electron chi connectivity index (χ4n) is 7.09. The number of amides is 1. The lowest BCUT2D eigenvalue weighted by atomic mass is 10.1. The summed E-state index contributed by atoms with van der Waals surface area (Å²) >= 11 is 0. The van der Waals surface area contributed by atoms with Gasteiger partial charge in [-0.2, -0.15) is 0 Å². The first-order valence-corrected chi connectivity index (χ1v) is 24.4. The number of hydrogen-bond donors (Lipinski definition) is 1. The molecule has 0 unspecified atom stereocenters. The summed E-state index contributed by atoms with van der Waals surface area (Å²) < 4.78 is 30.3. The second-order valence-electron chi connectivity index (χ2n) is 16.5. The smallest absolute Gasteiger partial charge is 0.343 e. The van der Waals surface area contributed by atoms with Crippen LogP contribution in [0.5, 0.6) is 28.7 Å². The van der Waals surface area contributed by atoms with Crippen molar-refractivity contribution in [1.29, 1.82) is 0 Å². The molecule has 0 aliphatic heterocycles. The minimum absolute atomic E-state index is 0.161. The van der Waals surface area contributed by atoms with Crippen LogP contribution in [0, 0.1) is 0 Å². The molecule has 62 heavy (non-hydrogen) atoms. The molecule has 0 saturated carbocycles. The van der Waals surface area contributed by atoms with E-state index in [9.17, 15) is 14.4 Å². The molecule has 0 aromatic heterocycles. The van der Waals surface area contributed by atoms with Gasteiger partial charge in [-0.25, -0.2) is 4.79 Å². The summed E-state index contributed by atoms with van der Waals surface area (Å²) in [6, 6.07) is 15.9. The number of nitrogens with one attached hydrogen (secondary N) is 1. The largest absolute Gasteiger partial charge is 0.490 e. The number of carbonyl (C=O) groups excluding carboxylic acids is 2. The highest BCUT2D eigenvalue weighted by atomic mass is 16.5. The zero-order valence-electron chi connectivity index (χ0n) is 38.8. The average Bonchev–Trinajstić information content (AvgIpc) is 3.45. The second-order valence-corrected chi connectivity index (χ2v) is 16.5. The number of carbonyl (C=O) groups is 2. The van der Waals surface area contributed by atoms with Crippen molar-refractivity contribution < 1.29 is 33.3 Å². The highest BCUT2D eigenvalue weighted by Crippen LogP contribution is 2.31. The maximum atomic E-state index is 13.5. The molecule has 0 aliphatic carbocycles. The molecule has 0 radical (unpaired) electrons. The molecule has 0 spiro atoms. The third-order valence-corrected chi connectivity index (χ3v) is 10.9. The number of ether oxygens (including phenoxy) is 5. The molecule has 1 amide bonds. The lowest BCUT2D eigenvalue weighted by Crippen LogP contribution is -2.13. The van der Waals surface area contributed by atoms with Crippen LogP contribution in [0.15, 0.2) is 65.5 Å². The Labute approximate surface area is 374 Å². The molecule has 0 aliphatic rings. The zero-order valence-corrected chi connectivity index (χ0v) is 38.8. The molecule has 0 fully saturated rings. The van der Waals surface area contributed by atoms with E-state index in [0.29, 0.717) is 60.7 Å². The molecule has 0 heterocycles. The highest BCUT2D eigenvalue weighted by Gasteiger charge is 2.17. The van der Waals surface area contributed by atoms with Gasteiger partial charge in [-0.05, 0) is 86.3 Å². The van der Waals surface area contributed by atoms with Crippen LogP contribution in [0.2, 0.25) is 0 Å². The van der Waals surface area contributed by atoms with E-state index in [1.807, 2.05) is 0 Å². The van der Waals surface area contributed by atoms with Gasteiger partial charge in [0.15, 0.2) is 28.7 Å². The molecular weight excluding hydrogens is 779 g/mol. The first-order chi connectivity index (χ1) is 30.4. The van der Waals surface area contributed by atoms with E-state index in [0.717, 1.165) is 51.4 Å². The van der Waals surface area contributed by atoms with E-state index < -0.39 is 11.4 Å². The maximum Gasteiger partial charge on any atom is 0.343 e. The molecule has 0 bridgehead atoms. The van der Waals surface area contributed by atoms with Crippen molar-refractivity contribution in [2.24, 2.45) is 0 Å². The molecule has 3 rings (SSSR count). The highest BCUT2D eigenvalue weighted by molar-refractivity contribution is 6.04. The van der Waals surface area contributed by atoms with E-state index in [1.54, 1.807) is 42.5 Å². The molecule has 1 N–H and O–H groups in total. The zero-order chi connectivity index (χ0) is 44.5. The number of hydrogen-bond acceptors (Lipinski definition) is 8. The standard InChI is InChI=1S/C53H79NO8/c1-5-9-13-17-21-25-37-58-48-34-29-43(41-50(48)60-39-27-23-19-15-11-7-3)52(56)54-45-31-33-46(55)47(36-32-45)62-53(57)44-30-35-49(59-38-26-22-18-14-10-6-2)51(42-44)61-40-28-24-20-16-12-8-4/h29-36,41-42H,5-28,37-40H2,1-4H3,(H,54,56). The van der Waals surface area contributed by atoms with Crippen molar-refractivity contribution in [1.82, 2.24) is 0 Å². The van der Waals surface area contributed by atoms with Gasteiger partial charge in [0.05, 0.1) is 32.0 Å². The monoisotopic (exact) mass is 858 g/mol. The van der Waals surface area contributed by atoms with E-state index in [4.69, 9.17) is 23.7 Å². The van der Waals surface area contributed by atoms with Crippen LogP contribution in [-0.2, 0) is 0 Å². The molecule has 0 atom stereocenters. The molecule has 344 valence electrons. The number of benzene rings is 2. The quantitative estimate of drug-likeness (QED) is 0.0455. The molecule has 9 nitrogen and oxygen atoms in total. The van der Waals surface area contributed by atoms with Crippen molar-refractivity contribution in [3.8, 4) is 28.7 Å². The summed E-state index contributed by atoms with van der Waals surface area (Å²) in [5.41, 5.74) is 0.492. The lowest BCUT2D eigenvalue weighted by Gasteiger charge is -2.14. The van der Waals surface area contributed by atoms with Gasteiger partial charge in [-0.1, -0.05) is 156 Å². The van der Waals surface area contributed by atoms with Gasteiger partial charge < -0.3 is 29.0 Å². The SMILES string of the molecule is CCCCCCCCOc1ccc(C(=O)Nc2ccc(OC(=O)c3ccc(OCCCCCCCC)c(OCCCCCCCC)c3)c(=O)cc2)cc1OCCCCCCCC. The fourth-order valence-corrected chi connectivity index (χ4v) is 7.09. The Hall–Kier alpha value is -4.53. The summed E-state index contributed by atoms with van der Waals surface area (Å²) in [5, 5.41) is 2.88. The molecule has 3 aromatic carbocycles. The molecule has 3 aromatic rings. The Morgan fingerprint density at radius 3 is 1.21 bits per heavy atom. The normalized spacial score (nSPS) is 11.0. The third-order valence-electron chi connectivity index (χ3n) is 10.9. The van der Waals surface area contributed by atoms with Crippen molar-refractivity contribution in [2.75, 3.05) is 31.7 Å². The Morgan fingerprint density at radius 1 is 0.403 bits per heavy atom. The summed E-state index contributed by atoms with van der Waals surface area (Å²) in [6.45, 7) is 11.0. The van der Waals surface area contributed by atoms with Crippen LogP contribution >= 0.6 is 0 Å². The third kappa shape index (κ3) is 21.5. The van der Waals surface area contributed by atoms with Gasteiger partial charge in [0.2, 0.25) is 5.43 Å². The predicted molar refractivity (Wildman–Crippen MR) is 254 cm³/mol. The maximum absolute atomic E-state index is 13.5. The van der Waals surface area contributed by atoms with Gasteiger partial charge in [-0.3, -0.25) is 9.59 Å². The minimum Gasteiger partial charge on any atom is -0.490 e. The van der Waals surface area contributed by atoms with Crippen molar-refractivity contribution >= 4 is 17.6 Å². The van der Waals surface area contributed by atoms with E-state index in [-0.39, 0.29) is 17.2 Å². The van der Waals surface area contributed by atoms with E-state index in [1.165, 1.54) is 121 Å². The topological polar surface area (TPSA) is 109 Å². The summed E-state index contributed by atoms with van der Waals surface area (Å²) in [7, 11) is 0. The van der Waals surface area contributed by atoms with Gasteiger partial charge in [0, 0.05) is 11.3 Å². The van der Waals surface area contributed by atoms with Gasteiger partial charge in [-0.15, -0.1) is 0 Å². The van der Waals surface area contributed by atoms with Crippen LogP contribution in [0.3, 0.4) is 0 Å². The van der Waals surface area contributed by atoms with E-state index >= 15 is 0 Å². The number of unbranched alkanes of at least 4 members (excludes halogenated alkanes) is 20. The second kappa shape index (κ2) is 33.1. The van der Waals surface area contributed by atoms with Gasteiger partial charge in [0.25, 0.3) is 5.91 Å². The Bertz CT molecular complexity index is 1740. The van der Waals surface area contributed by atoms with E-state index in [2.05, 4.69) is 33.0 Å². The Balaban J connectivity index is 1.67. The number of rotatable bonds is 36. The summed E-state index contributed by atoms with van der Waals surface area (Å²) in [5.74, 6) is 1.01.